The maximum atomic E-state index is 10.7. The van der Waals surface area contributed by atoms with E-state index >= 15 is 0 Å². The fraction of sp³-hybridized carbons (Fsp3) is 0.300. The van der Waals surface area contributed by atoms with Gasteiger partial charge in [0.05, 0.1) is 19.2 Å². The van der Waals surface area contributed by atoms with Gasteiger partial charge in [-0.1, -0.05) is 24.2 Å². The second-order valence-electron chi connectivity index (χ2n) is 5.52. The third-order valence-electron chi connectivity index (χ3n) is 3.63. The SMILES string of the molecule is CCC(=NOCCOc1cccc(CC(=O)O)c1)c1ccc(OC)cc1. The number of methoxy groups -OCH3 is 1. The zero-order valence-corrected chi connectivity index (χ0v) is 15.0. The first-order valence-electron chi connectivity index (χ1n) is 8.39. The van der Waals surface area contributed by atoms with E-state index in [2.05, 4.69) is 5.16 Å². The van der Waals surface area contributed by atoms with Crippen LogP contribution in [0.1, 0.15) is 24.5 Å². The molecule has 0 bridgehead atoms. The van der Waals surface area contributed by atoms with E-state index in [1.807, 2.05) is 31.2 Å². The highest BCUT2D eigenvalue weighted by atomic mass is 16.6. The molecule has 2 aromatic rings. The molecule has 6 nitrogen and oxygen atoms in total. The Morgan fingerprint density at radius 1 is 1.08 bits per heavy atom. The molecule has 0 saturated heterocycles. The van der Waals surface area contributed by atoms with E-state index in [1.165, 1.54) is 0 Å². The molecule has 2 aromatic carbocycles. The van der Waals surface area contributed by atoms with Gasteiger partial charge in [0.15, 0.2) is 6.61 Å². The van der Waals surface area contributed by atoms with E-state index in [1.54, 1.807) is 31.4 Å². The van der Waals surface area contributed by atoms with Crippen LogP contribution in [0.2, 0.25) is 0 Å². The maximum Gasteiger partial charge on any atom is 0.307 e. The van der Waals surface area contributed by atoms with Crippen LogP contribution in [0, 0.1) is 0 Å². The Labute approximate surface area is 153 Å². The summed E-state index contributed by atoms with van der Waals surface area (Å²) in [4.78, 5) is 16.1. The standard InChI is InChI=1S/C20H23NO5/c1-3-19(16-7-9-17(24-2)10-8-16)21-26-12-11-25-18-6-4-5-15(13-18)14-20(22)23/h4-10,13H,3,11-12,14H2,1-2H3,(H,22,23). The Hall–Kier alpha value is -3.02. The number of aliphatic carboxylic acids is 1. The van der Waals surface area contributed by atoms with Crippen LogP contribution in [0.5, 0.6) is 11.5 Å². The average Bonchev–Trinajstić information content (AvgIpc) is 2.65. The molecule has 2 rings (SSSR count). The zero-order valence-electron chi connectivity index (χ0n) is 15.0. The molecule has 1 N–H and O–H groups in total. The fourth-order valence-corrected chi connectivity index (χ4v) is 2.34. The zero-order chi connectivity index (χ0) is 18.8. The van der Waals surface area contributed by atoms with Crippen LogP contribution < -0.4 is 9.47 Å². The lowest BCUT2D eigenvalue weighted by Gasteiger charge is -2.08. The van der Waals surface area contributed by atoms with Crippen LogP contribution in [0.25, 0.3) is 0 Å². The van der Waals surface area contributed by atoms with Gasteiger partial charge in [0.25, 0.3) is 0 Å². The van der Waals surface area contributed by atoms with Crippen molar-refractivity contribution in [3.8, 4) is 11.5 Å². The topological polar surface area (TPSA) is 77.4 Å². The van der Waals surface area contributed by atoms with E-state index in [9.17, 15) is 4.79 Å². The van der Waals surface area contributed by atoms with Gasteiger partial charge in [-0.2, -0.15) is 0 Å². The number of carboxylic acid groups (broad SMARTS) is 1. The van der Waals surface area contributed by atoms with E-state index < -0.39 is 5.97 Å². The van der Waals surface area contributed by atoms with Gasteiger partial charge in [-0.3, -0.25) is 4.79 Å². The van der Waals surface area contributed by atoms with Crippen molar-refractivity contribution in [2.75, 3.05) is 20.3 Å². The lowest BCUT2D eigenvalue weighted by Crippen LogP contribution is -2.07. The van der Waals surface area contributed by atoms with E-state index in [0.29, 0.717) is 24.5 Å². The highest BCUT2D eigenvalue weighted by molar-refractivity contribution is 6.00. The first-order chi connectivity index (χ1) is 12.6. The predicted molar refractivity (Wildman–Crippen MR) is 99.1 cm³/mol. The molecule has 0 fully saturated rings. The van der Waals surface area contributed by atoms with Gasteiger partial charge in [0.2, 0.25) is 0 Å². The minimum absolute atomic E-state index is 0.0281. The van der Waals surface area contributed by atoms with Crippen LogP contribution in [0.4, 0.5) is 0 Å². The molecule has 0 amide bonds. The molecule has 138 valence electrons. The van der Waals surface area contributed by atoms with Gasteiger partial charge in [-0.05, 0) is 53.9 Å². The number of hydrogen-bond donors (Lipinski definition) is 1. The normalized spacial score (nSPS) is 11.1. The monoisotopic (exact) mass is 357 g/mol. The molecule has 0 aliphatic carbocycles. The molecular weight excluding hydrogens is 334 g/mol. The van der Waals surface area contributed by atoms with Crippen LogP contribution >= 0.6 is 0 Å². The van der Waals surface area contributed by atoms with Crippen molar-refractivity contribution in [2.24, 2.45) is 5.16 Å². The van der Waals surface area contributed by atoms with Crippen LogP contribution in [0.3, 0.4) is 0 Å². The number of ether oxygens (including phenoxy) is 2. The molecule has 0 spiro atoms. The summed E-state index contributed by atoms with van der Waals surface area (Å²) in [6.45, 7) is 2.62. The second-order valence-corrected chi connectivity index (χ2v) is 5.52. The molecule has 0 heterocycles. The third-order valence-corrected chi connectivity index (χ3v) is 3.63. The molecule has 0 unspecified atom stereocenters. The Morgan fingerprint density at radius 3 is 2.50 bits per heavy atom. The third kappa shape index (κ3) is 6.12. The predicted octanol–water partition coefficient (Wildman–Crippen LogP) is 3.53. The smallest absolute Gasteiger partial charge is 0.307 e. The van der Waals surface area contributed by atoms with Gasteiger partial charge >= 0.3 is 5.97 Å². The summed E-state index contributed by atoms with van der Waals surface area (Å²) in [5, 5.41) is 13.0. The molecule has 0 aliphatic heterocycles. The van der Waals surface area contributed by atoms with Gasteiger partial charge in [0, 0.05) is 0 Å². The summed E-state index contributed by atoms with van der Waals surface area (Å²) in [6.07, 6.45) is 0.712. The van der Waals surface area contributed by atoms with Crippen LogP contribution in [-0.2, 0) is 16.1 Å². The van der Waals surface area contributed by atoms with Gasteiger partial charge in [0.1, 0.15) is 18.1 Å². The molecule has 0 aliphatic rings. The van der Waals surface area contributed by atoms with Crippen molar-refractivity contribution in [1.82, 2.24) is 0 Å². The van der Waals surface area contributed by atoms with E-state index in [0.717, 1.165) is 23.4 Å². The second kappa shape index (κ2) is 10.1. The summed E-state index contributed by atoms with van der Waals surface area (Å²) in [5.41, 5.74) is 2.52. The minimum Gasteiger partial charge on any atom is -0.497 e. The van der Waals surface area contributed by atoms with Gasteiger partial charge in [-0.15, -0.1) is 0 Å². The molecule has 0 saturated carbocycles. The Balaban J connectivity index is 1.82. The molecule has 0 aromatic heterocycles. The molecule has 0 radical (unpaired) electrons. The Morgan fingerprint density at radius 2 is 1.85 bits per heavy atom. The van der Waals surface area contributed by atoms with Crippen molar-refractivity contribution < 1.29 is 24.2 Å². The van der Waals surface area contributed by atoms with Gasteiger partial charge < -0.3 is 19.4 Å². The summed E-state index contributed by atoms with van der Waals surface area (Å²) in [5.74, 6) is 0.538. The number of benzene rings is 2. The van der Waals surface area contributed by atoms with Crippen LogP contribution in [0.15, 0.2) is 53.7 Å². The van der Waals surface area contributed by atoms with Crippen molar-refractivity contribution in [3.05, 3.63) is 59.7 Å². The summed E-state index contributed by atoms with van der Waals surface area (Å²) in [7, 11) is 1.63. The molecule has 6 heteroatoms. The van der Waals surface area contributed by atoms with Crippen molar-refractivity contribution >= 4 is 11.7 Å². The Kier molecular flexibility index (Phi) is 7.49. The van der Waals surface area contributed by atoms with Crippen LogP contribution in [-0.4, -0.2) is 37.1 Å². The lowest BCUT2D eigenvalue weighted by atomic mass is 10.1. The first kappa shape index (κ1) is 19.3. The van der Waals surface area contributed by atoms with Crippen molar-refractivity contribution in [1.29, 1.82) is 0 Å². The van der Waals surface area contributed by atoms with E-state index in [-0.39, 0.29) is 6.42 Å². The number of nitrogens with zero attached hydrogens (tertiary/aromatic N) is 1. The number of rotatable bonds is 10. The summed E-state index contributed by atoms with van der Waals surface area (Å²) < 4.78 is 10.7. The number of oxime groups is 1. The minimum atomic E-state index is -0.870. The number of carboxylic acids is 1. The summed E-state index contributed by atoms with van der Waals surface area (Å²) in [6, 6.07) is 14.7. The highest BCUT2D eigenvalue weighted by Gasteiger charge is 2.04. The number of carbonyl (C=O) groups is 1. The van der Waals surface area contributed by atoms with E-state index in [4.69, 9.17) is 19.4 Å². The fourth-order valence-electron chi connectivity index (χ4n) is 2.34. The summed E-state index contributed by atoms with van der Waals surface area (Å²) >= 11 is 0. The molecule has 26 heavy (non-hydrogen) atoms. The highest BCUT2D eigenvalue weighted by Crippen LogP contribution is 2.15. The number of hydrogen-bond acceptors (Lipinski definition) is 5. The maximum absolute atomic E-state index is 10.7. The quantitative estimate of drug-likeness (QED) is 0.400. The largest absolute Gasteiger partial charge is 0.497 e. The van der Waals surface area contributed by atoms with Gasteiger partial charge in [-0.25, -0.2) is 0 Å². The average molecular weight is 357 g/mol. The lowest BCUT2D eigenvalue weighted by molar-refractivity contribution is -0.136. The Bertz CT molecular complexity index is 740. The molecular formula is C20H23NO5. The van der Waals surface area contributed by atoms with Crippen molar-refractivity contribution in [3.63, 3.8) is 0 Å². The first-order valence-corrected chi connectivity index (χ1v) is 8.39. The van der Waals surface area contributed by atoms with Crippen molar-refractivity contribution in [2.45, 2.75) is 19.8 Å². The molecule has 0 atom stereocenters.